The summed E-state index contributed by atoms with van der Waals surface area (Å²) in [5, 5.41) is 6.07. The predicted molar refractivity (Wildman–Crippen MR) is 59.3 cm³/mol. The van der Waals surface area contributed by atoms with Crippen LogP contribution in [-0.2, 0) is 10.0 Å². The van der Waals surface area contributed by atoms with E-state index in [2.05, 4.69) is 15.1 Å². The number of hydrogen-bond acceptors (Lipinski definition) is 5. The molecule has 0 amide bonds. The van der Waals surface area contributed by atoms with E-state index in [1.165, 1.54) is 10.5 Å². The maximum Gasteiger partial charge on any atom is 0.248 e. The minimum absolute atomic E-state index is 0.0667. The zero-order valence-electron chi connectivity index (χ0n) is 9.05. The van der Waals surface area contributed by atoms with Crippen molar-refractivity contribution in [2.75, 3.05) is 39.0 Å². The summed E-state index contributed by atoms with van der Waals surface area (Å²) in [5.41, 5.74) is 5.53. The molecule has 0 aliphatic carbocycles. The lowest BCUT2D eigenvalue weighted by Crippen LogP contribution is -2.47. The fraction of sp³-hybridized carbons (Fsp3) is 0.625. The molecule has 1 aliphatic rings. The van der Waals surface area contributed by atoms with Gasteiger partial charge >= 0.3 is 0 Å². The van der Waals surface area contributed by atoms with Crippen LogP contribution in [0.2, 0.25) is 0 Å². The molecule has 1 aromatic rings. The number of H-pyrrole nitrogens is 1. The Labute approximate surface area is 94.3 Å². The van der Waals surface area contributed by atoms with Crippen molar-refractivity contribution >= 4 is 15.8 Å². The number of aromatic nitrogens is 2. The third-order valence-corrected chi connectivity index (χ3v) is 4.64. The van der Waals surface area contributed by atoms with Crippen LogP contribution in [0.25, 0.3) is 0 Å². The lowest BCUT2D eigenvalue weighted by Gasteiger charge is -2.31. The molecule has 1 aromatic heterocycles. The van der Waals surface area contributed by atoms with Crippen LogP contribution < -0.4 is 5.73 Å². The van der Waals surface area contributed by atoms with Gasteiger partial charge in [0.15, 0.2) is 0 Å². The Morgan fingerprint density at radius 1 is 1.38 bits per heavy atom. The molecule has 16 heavy (non-hydrogen) atoms. The SMILES string of the molecule is CN1CCN(S(=O)(=O)c2cn[nH]c2N)CC1. The van der Waals surface area contributed by atoms with Crippen molar-refractivity contribution < 1.29 is 8.42 Å². The van der Waals surface area contributed by atoms with E-state index in [4.69, 9.17) is 5.73 Å². The van der Waals surface area contributed by atoms with Gasteiger partial charge in [-0.1, -0.05) is 0 Å². The molecular formula is C8H15N5O2S. The Morgan fingerprint density at radius 3 is 2.50 bits per heavy atom. The Kier molecular flexibility index (Phi) is 2.87. The normalized spacial score (nSPS) is 20.1. The van der Waals surface area contributed by atoms with Crippen molar-refractivity contribution in [2.45, 2.75) is 4.90 Å². The molecule has 0 saturated carbocycles. The molecule has 3 N–H and O–H groups in total. The smallest absolute Gasteiger partial charge is 0.248 e. The number of aromatic amines is 1. The van der Waals surface area contributed by atoms with Crippen molar-refractivity contribution in [1.29, 1.82) is 0 Å². The summed E-state index contributed by atoms with van der Waals surface area (Å²) >= 11 is 0. The molecule has 1 aliphatic heterocycles. The summed E-state index contributed by atoms with van der Waals surface area (Å²) in [6.07, 6.45) is 1.25. The molecule has 0 atom stereocenters. The highest BCUT2D eigenvalue weighted by Crippen LogP contribution is 2.20. The molecule has 0 aromatic carbocycles. The molecule has 0 bridgehead atoms. The Balaban J connectivity index is 2.23. The maximum absolute atomic E-state index is 12.1. The lowest BCUT2D eigenvalue weighted by molar-refractivity contribution is 0.222. The number of hydrogen-bond donors (Lipinski definition) is 2. The number of nitrogens with one attached hydrogen (secondary N) is 1. The summed E-state index contributed by atoms with van der Waals surface area (Å²) < 4.78 is 25.7. The first kappa shape index (κ1) is 11.4. The molecule has 2 rings (SSSR count). The van der Waals surface area contributed by atoms with Crippen LogP contribution in [0.3, 0.4) is 0 Å². The Bertz CT molecular complexity index is 461. The van der Waals surface area contributed by atoms with Crippen LogP contribution in [0.15, 0.2) is 11.1 Å². The third-order valence-electron chi connectivity index (χ3n) is 2.71. The fourth-order valence-electron chi connectivity index (χ4n) is 1.66. The summed E-state index contributed by atoms with van der Waals surface area (Å²) in [5.74, 6) is 0.0962. The zero-order chi connectivity index (χ0) is 11.8. The molecule has 2 heterocycles. The highest BCUT2D eigenvalue weighted by Gasteiger charge is 2.29. The second kappa shape index (κ2) is 4.04. The van der Waals surface area contributed by atoms with E-state index in [9.17, 15) is 8.42 Å². The van der Waals surface area contributed by atoms with Gasteiger partial charge in [-0.3, -0.25) is 5.10 Å². The zero-order valence-corrected chi connectivity index (χ0v) is 9.87. The molecular weight excluding hydrogens is 230 g/mol. The largest absolute Gasteiger partial charge is 0.383 e. The second-order valence-corrected chi connectivity index (χ2v) is 5.76. The van der Waals surface area contributed by atoms with E-state index in [1.54, 1.807) is 0 Å². The summed E-state index contributed by atoms with van der Waals surface area (Å²) in [7, 11) is -1.52. The quantitative estimate of drug-likeness (QED) is 0.691. The average molecular weight is 245 g/mol. The van der Waals surface area contributed by atoms with Crippen molar-refractivity contribution in [3.63, 3.8) is 0 Å². The van der Waals surface area contributed by atoms with Crippen LogP contribution in [0.5, 0.6) is 0 Å². The van der Waals surface area contributed by atoms with E-state index < -0.39 is 10.0 Å². The van der Waals surface area contributed by atoms with E-state index in [0.29, 0.717) is 13.1 Å². The third kappa shape index (κ3) is 1.91. The Morgan fingerprint density at radius 2 is 2.00 bits per heavy atom. The van der Waals surface area contributed by atoms with Gasteiger partial charge in [-0.2, -0.15) is 9.40 Å². The Hall–Kier alpha value is -1.12. The van der Waals surface area contributed by atoms with E-state index in [1.807, 2.05) is 7.05 Å². The first-order chi connectivity index (χ1) is 7.51. The number of nitrogens with two attached hydrogens (primary N) is 1. The summed E-state index contributed by atoms with van der Waals surface area (Å²) in [6, 6.07) is 0. The highest BCUT2D eigenvalue weighted by molar-refractivity contribution is 7.89. The van der Waals surface area contributed by atoms with Crippen molar-refractivity contribution in [3.05, 3.63) is 6.20 Å². The van der Waals surface area contributed by atoms with Gasteiger partial charge in [-0.05, 0) is 7.05 Å². The average Bonchev–Trinajstić information content (AvgIpc) is 2.66. The minimum Gasteiger partial charge on any atom is -0.383 e. The van der Waals surface area contributed by atoms with Gasteiger partial charge in [0.1, 0.15) is 10.7 Å². The monoisotopic (exact) mass is 245 g/mol. The van der Waals surface area contributed by atoms with Gasteiger partial charge in [-0.25, -0.2) is 8.42 Å². The highest BCUT2D eigenvalue weighted by atomic mass is 32.2. The van der Waals surface area contributed by atoms with Gasteiger partial charge in [0.2, 0.25) is 10.0 Å². The lowest BCUT2D eigenvalue weighted by atomic mass is 10.4. The van der Waals surface area contributed by atoms with Gasteiger partial charge in [0.05, 0.1) is 6.20 Å². The minimum atomic E-state index is -3.48. The van der Waals surface area contributed by atoms with Gasteiger partial charge in [-0.15, -0.1) is 0 Å². The standard InChI is InChI=1S/C8H15N5O2S/c1-12-2-4-13(5-3-12)16(14,15)7-6-10-11-8(7)9/h6H,2-5H2,1H3,(H3,9,10,11). The van der Waals surface area contributed by atoms with Crippen molar-refractivity contribution in [2.24, 2.45) is 0 Å². The summed E-state index contributed by atoms with van der Waals surface area (Å²) in [6.45, 7) is 2.45. The van der Waals surface area contributed by atoms with Crippen LogP contribution >= 0.6 is 0 Å². The van der Waals surface area contributed by atoms with Gasteiger partial charge in [0.25, 0.3) is 0 Å². The number of likely N-dealkylation sites (N-methyl/N-ethyl adjacent to an activating group) is 1. The molecule has 8 heteroatoms. The van der Waals surface area contributed by atoms with E-state index >= 15 is 0 Å². The van der Waals surface area contributed by atoms with E-state index in [0.717, 1.165) is 13.1 Å². The number of piperazine rings is 1. The fourth-order valence-corrected chi connectivity index (χ4v) is 3.09. The topological polar surface area (TPSA) is 95.3 Å². The summed E-state index contributed by atoms with van der Waals surface area (Å²) in [4.78, 5) is 2.15. The molecule has 1 fully saturated rings. The number of anilines is 1. The molecule has 90 valence electrons. The van der Waals surface area contributed by atoms with Crippen LogP contribution in [0.1, 0.15) is 0 Å². The number of sulfonamides is 1. The molecule has 0 radical (unpaired) electrons. The van der Waals surface area contributed by atoms with Crippen LogP contribution in [-0.4, -0.2) is 61.0 Å². The van der Waals surface area contributed by atoms with E-state index in [-0.39, 0.29) is 10.7 Å². The number of rotatable bonds is 2. The first-order valence-electron chi connectivity index (χ1n) is 4.99. The maximum atomic E-state index is 12.1. The first-order valence-corrected chi connectivity index (χ1v) is 6.43. The molecule has 1 saturated heterocycles. The molecule has 7 nitrogen and oxygen atoms in total. The predicted octanol–water partition coefficient (Wildman–Crippen LogP) is -1.07. The molecule has 0 spiro atoms. The number of nitrogen functional groups attached to an aromatic ring is 1. The van der Waals surface area contributed by atoms with Crippen molar-refractivity contribution in [1.82, 2.24) is 19.4 Å². The van der Waals surface area contributed by atoms with Gasteiger partial charge in [0, 0.05) is 26.2 Å². The number of nitrogens with zero attached hydrogens (tertiary/aromatic N) is 3. The second-order valence-electron chi connectivity index (χ2n) is 3.86. The van der Waals surface area contributed by atoms with Crippen LogP contribution in [0, 0.1) is 0 Å². The van der Waals surface area contributed by atoms with Gasteiger partial charge < -0.3 is 10.6 Å². The van der Waals surface area contributed by atoms with Crippen LogP contribution in [0.4, 0.5) is 5.82 Å². The van der Waals surface area contributed by atoms with Crippen molar-refractivity contribution in [3.8, 4) is 0 Å². The molecule has 0 unspecified atom stereocenters.